The molecule has 1 fully saturated rings. The first-order valence-corrected chi connectivity index (χ1v) is 2.53. The number of carbonyl (C=O) groups is 1. The summed E-state index contributed by atoms with van der Waals surface area (Å²) in [5.41, 5.74) is 0. The van der Waals surface area contributed by atoms with Gasteiger partial charge in [-0.3, -0.25) is 4.79 Å². The molecule has 0 N–H and O–H groups in total. The van der Waals surface area contributed by atoms with E-state index in [1.807, 2.05) is 0 Å². The Balaban J connectivity index is 2.39. The summed E-state index contributed by atoms with van der Waals surface area (Å²) in [6.45, 7) is 0. The van der Waals surface area contributed by atoms with Crippen molar-refractivity contribution in [3.8, 4) is 0 Å². The molecule has 6 heavy (non-hydrogen) atoms. The Morgan fingerprint density at radius 2 is 2.33 bits per heavy atom. The lowest BCUT2D eigenvalue weighted by Gasteiger charge is -2.16. The zero-order valence-electron chi connectivity index (χ0n) is 3.35. The van der Waals surface area contributed by atoms with E-state index in [9.17, 15) is 4.79 Å². The second kappa shape index (κ2) is 1.26. The van der Waals surface area contributed by atoms with Gasteiger partial charge in [0.2, 0.25) is 0 Å². The molecule has 0 bridgehead atoms. The summed E-state index contributed by atoms with van der Waals surface area (Å²) in [5.74, 6) is 0.304. The molecule has 0 amide bonds. The van der Waals surface area contributed by atoms with Crippen molar-refractivity contribution < 1.29 is 4.79 Å². The molecule has 1 nitrogen and oxygen atoms in total. The van der Waals surface area contributed by atoms with Gasteiger partial charge in [-0.05, 0) is 6.42 Å². The second-order valence-electron chi connectivity index (χ2n) is 1.52. The molecule has 0 aliphatic heterocycles. The SMILES string of the molecule is O=C1CCC1S. The standard InChI is InChI=1S/C4H6OS/c5-3-1-2-4(3)6/h4,6H,1-2H2. The van der Waals surface area contributed by atoms with E-state index in [1.54, 1.807) is 0 Å². The van der Waals surface area contributed by atoms with Gasteiger partial charge in [-0.2, -0.15) is 12.6 Å². The first kappa shape index (κ1) is 4.19. The van der Waals surface area contributed by atoms with Gasteiger partial charge >= 0.3 is 0 Å². The topological polar surface area (TPSA) is 17.1 Å². The normalized spacial score (nSPS) is 32.8. The van der Waals surface area contributed by atoms with Gasteiger partial charge in [-0.15, -0.1) is 0 Å². The first-order valence-electron chi connectivity index (χ1n) is 2.01. The highest BCUT2D eigenvalue weighted by molar-refractivity contribution is 7.82. The number of Topliss-reactive ketones (excluding diaryl/α,β-unsaturated/α-hetero) is 1. The third kappa shape index (κ3) is 0.451. The highest BCUT2D eigenvalue weighted by Crippen LogP contribution is 2.18. The van der Waals surface area contributed by atoms with Crippen molar-refractivity contribution >= 4 is 18.4 Å². The number of thiol groups is 1. The Morgan fingerprint density at radius 1 is 1.83 bits per heavy atom. The van der Waals surface area contributed by atoms with Crippen molar-refractivity contribution in [2.24, 2.45) is 0 Å². The van der Waals surface area contributed by atoms with Crippen LogP contribution in [0.5, 0.6) is 0 Å². The van der Waals surface area contributed by atoms with E-state index in [1.165, 1.54) is 0 Å². The van der Waals surface area contributed by atoms with E-state index < -0.39 is 0 Å². The molecule has 0 radical (unpaired) electrons. The Bertz CT molecular complexity index is 79.6. The van der Waals surface area contributed by atoms with E-state index in [4.69, 9.17) is 0 Å². The largest absolute Gasteiger partial charge is 0.298 e. The summed E-state index contributed by atoms with van der Waals surface area (Å²) in [5, 5.41) is 0.0880. The molecule has 34 valence electrons. The van der Waals surface area contributed by atoms with Crippen LogP contribution >= 0.6 is 12.6 Å². The molecular weight excluding hydrogens is 96.1 g/mol. The quantitative estimate of drug-likeness (QED) is 0.444. The summed E-state index contributed by atoms with van der Waals surface area (Å²) < 4.78 is 0. The number of rotatable bonds is 0. The molecule has 0 aromatic rings. The van der Waals surface area contributed by atoms with E-state index in [2.05, 4.69) is 12.6 Å². The predicted octanol–water partition coefficient (Wildman–Crippen LogP) is 0.648. The van der Waals surface area contributed by atoms with Crippen molar-refractivity contribution in [2.45, 2.75) is 18.1 Å². The third-order valence-electron chi connectivity index (χ3n) is 1.04. The Morgan fingerprint density at radius 3 is 2.33 bits per heavy atom. The Labute approximate surface area is 42.1 Å². The molecule has 0 saturated heterocycles. The molecule has 1 aliphatic rings. The second-order valence-corrected chi connectivity index (χ2v) is 2.14. The maximum Gasteiger partial charge on any atom is 0.145 e. The summed E-state index contributed by atoms with van der Waals surface area (Å²) in [7, 11) is 0. The average Bonchev–Trinajstić information content (AvgIpc) is 1.61. The molecule has 0 aromatic heterocycles. The van der Waals surface area contributed by atoms with Gasteiger partial charge in [0.1, 0.15) is 5.78 Å². The van der Waals surface area contributed by atoms with E-state index in [0.29, 0.717) is 5.78 Å². The average molecular weight is 102 g/mol. The van der Waals surface area contributed by atoms with Crippen molar-refractivity contribution in [2.75, 3.05) is 0 Å². The van der Waals surface area contributed by atoms with Crippen LogP contribution in [-0.2, 0) is 4.79 Å². The minimum Gasteiger partial charge on any atom is -0.298 e. The van der Waals surface area contributed by atoms with Crippen LogP contribution in [0.4, 0.5) is 0 Å². The maximum atomic E-state index is 10.2. The lowest BCUT2D eigenvalue weighted by molar-refractivity contribution is -0.122. The molecule has 1 unspecified atom stereocenters. The van der Waals surface area contributed by atoms with Crippen molar-refractivity contribution in [1.82, 2.24) is 0 Å². The fourth-order valence-electron chi connectivity index (χ4n) is 0.391. The van der Waals surface area contributed by atoms with Gasteiger partial charge in [0.15, 0.2) is 0 Å². The fourth-order valence-corrected chi connectivity index (χ4v) is 0.649. The zero-order valence-corrected chi connectivity index (χ0v) is 4.24. The van der Waals surface area contributed by atoms with Crippen LogP contribution in [-0.4, -0.2) is 11.0 Å². The number of carbonyl (C=O) groups excluding carboxylic acids is 1. The van der Waals surface area contributed by atoms with Gasteiger partial charge in [0.25, 0.3) is 0 Å². The van der Waals surface area contributed by atoms with Crippen molar-refractivity contribution in [3.63, 3.8) is 0 Å². The minimum atomic E-state index is 0.0880. The highest BCUT2D eigenvalue weighted by Gasteiger charge is 2.23. The van der Waals surface area contributed by atoms with Crippen LogP contribution in [0.2, 0.25) is 0 Å². The Kier molecular flexibility index (Phi) is 0.880. The van der Waals surface area contributed by atoms with Crippen LogP contribution in [0.15, 0.2) is 0 Å². The molecule has 0 aromatic carbocycles. The van der Waals surface area contributed by atoms with Crippen LogP contribution in [0.3, 0.4) is 0 Å². The van der Waals surface area contributed by atoms with Gasteiger partial charge in [-0.25, -0.2) is 0 Å². The molecule has 0 heterocycles. The zero-order chi connectivity index (χ0) is 4.57. The van der Waals surface area contributed by atoms with E-state index >= 15 is 0 Å². The molecule has 2 heteroatoms. The van der Waals surface area contributed by atoms with E-state index in [-0.39, 0.29) is 5.25 Å². The van der Waals surface area contributed by atoms with Gasteiger partial charge in [0, 0.05) is 6.42 Å². The molecule has 0 spiro atoms. The summed E-state index contributed by atoms with van der Waals surface area (Å²) in [6, 6.07) is 0. The van der Waals surface area contributed by atoms with Gasteiger partial charge in [-0.1, -0.05) is 0 Å². The number of hydrogen-bond donors (Lipinski definition) is 1. The number of ketones is 1. The monoisotopic (exact) mass is 102 g/mol. The minimum absolute atomic E-state index is 0.0880. The number of hydrogen-bond acceptors (Lipinski definition) is 2. The van der Waals surface area contributed by atoms with Crippen LogP contribution in [0.1, 0.15) is 12.8 Å². The van der Waals surface area contributed by atoms with Crippen LogP contribution < -0.4 is 0 Å². The first-order chi connectivity index (χ1) is 2.80. The van der Waals surface area contributed by atoms with Gasteiger partial charge in [0.05, 0.1) is 5.25 Å². The molecule has 1 aliphatic carbocycles. The predicted molar refractivity (Wildman–Crippen MR) is 27.0 cm³/mol. The van der Waals surface area contributed by atoms with E-state index in [0.717, 1.165) is 12.8 Å². The Hall–Kier alpha value is 0.0200. The summed E-state index contributed by atoms with van der Waals surface area (Å²) in [6.07, 6.45) is 1.75. The lowest BCUT2D eigenvalue weighted by Crippen LogP contribution is -2.25. The van der Waals surface area contributed by atoms with Crippen molar-refractivity contribution in [3.05, 3.63) is 0 Å². The highest BCUT2D eigenvalue weighted by atomic mass is 32.1. The molecule has 1 atom stereocenters. The van der Waals surface area contributed by atoms with Crippen molar-refractivity contribution in [1.29, 1.82) is 0 Å². The van der Waals surface area contributed by atoms with Gasteiger partial charge < -0.3 is 0 Å². The smallest absolute Gasteiger partial charge is 0.145 e. The van der Waals surface area contributed by atoms with Crippen LogP contribution in [0, 0.1) is 0 Å². The molecular formula is C4H6OS. The summed E-state index contributed by atoms with van der Waals surface area (Å²) in [4.78, 5) is 10.2. The summed E-state index contributed by atoms with van der Waals surface area (Å²) >= 11 is 3.93. The maximum absolute atomic E-state index is 10.2. The lowest BCUT2D eigenvalue weighted by atomic mass is 9.98. The fraction of sp³-hybridized carbons (Fsp3) is 0.750. The van der Waals surface area contributed by atoms with Crippen LogP contribution in [0.25, 0.3) is 0 Å². The molecule has 1 saturated carbocycles. The molecule has 1 rings (SSSR count). The third-order valence-corrected chi connectivity index (χ3v) is 1.58.